The van der Waals surface area contributed by atoms with Gasteiger partial charge in [-0.25, -0.2) is 4.39 Å². The summed E-state index contributed by atoms with van der Waals surface area (Å²) in [7, 11) is 0. The Labute approximate surface area is 152 Å². The number of hydrogen-bond acceptors (Lipinski definition) is 4. The summed E-state index contributed by atoms with van der Waals surface area (Å²) in [6, 6.07) is 5.39. The molecule has 0 spiro atoms. The van der Waals surface area contributed by atoms with E-state index in [4.69, 9.17) is 4.74 Å². The molecule has 7 heteroatoms. The minimum Gasteiger partial charge on any atom is -0.463 e. The Morgan fingerprint density at radius 3 is 2.62 bits per heavy atom. The maximum atomic E-state index is 13.0. The van der Waals surface area contributed by atoms with Crippen LogP contribution in [0.25, 0.3) is 0 Å². The number of benzene rings is 1. The zero-order valence-electron chi connectivity index (χ0n) is 15.2. The average Bonchev–Trinajstić information content (AvgIpc) is 2.61. The van der Waals surface area contributed by atoms with E-state index in [1.165, 1.54) is 24.3 Å². The van der Waals surface area contributed by atoms with Crippen molar-refractivity contribution in [2.24, 2.45) is 5.92 Å². The van der Waals surface area contributed by atoms with Gasteiger partial charge in [-0.3, -0.25) is 14.4 Å². The molecule has 2 amide bonds. The summed E-state index contributed by atoms with van der Waals surface area (Å²) in [5, 5.41) is 2.74. The second kappa shape index (κ2) is 9.31. The van der Waals surface area contributed by atoms with Crippen molar-refractivity contribution in [3.63, 3.8) is 0 Å². The second-order valence-corrected chi connectivity index (χ2v) is 6.68. The van der Waals surface area contributed by atoms with Crippen molar-refractivity contribution in [3.8, 4) is 0 Å². The van der Waals surface area contributed by atoms with Crippen molar-refractivity contribution in [2.75, 3.05) is 19.6 Å². The number of carbonyl (C=O) groups excluding carboxylic acids is 3. The summed E-state index contributed by atoms with van der Waals surface area (Å²) < 4.78 is 18.0. The van der Waals surface area contributed by atoms with Gasteiger partial charge in [-0.1, -0.05) is 0 Å². The molecule has 1 atom stereocenters. The molecular formula is C19H25FN2O4. The Morgan fingerprint density at radius 1 is 1.27 bits per heavy atom. The number of nitrogens with zero attached hydrogens (tertiary/aromatic N) is 1. The molecule has 0 bridgehead atoms. The smallest absolute Gasteiger partial charge is 0.307 e. The highest BCUT2D eigenvalue weighted by Gasteiger charge is 2.28. The fraction of sp³-hybridized carbons (Fsp3) is 0.526. The fourth-order valence-corrected chi connectivity index (χ4v) is 2.90. The molecule has 0 radical (unpaired) electrons. The van der Waals surface area contributed by atoms with Gasteiger partial charge in [-0.15, -0.1) is 0 Å². The fourth-order valence-electron chi connectivity index (χ4n) is 2.90. The molecule has 1 saturated heterocycles. The molecule has 0 aromatic heterocycles. The van der Waals surface area contributed by atoms with Crippen LogP contribution in [0.2, 0.25) is 0 Å². The molecule has 0 saturated carbocycles. The first-order valence-electron chi connectivity index (χ1n) is 8.89. The number of carbonyl (C=O) groups is 3. The van der Waals surface area contributed by atoms with Gasteiger partial charge in [-0.05, 0) is 51.0 Å². The van der Waals surface area contributed by atoms with Crippen LogP contribution in [-0.4, -0.2) is 48.4 Å². The van der Waals surface area contributed by atoms with Gasteiger partial charge < -0.3 is 15.0 Å². The van der Waals surface area contributed by atoms with E-state index in [1.54, 1.807) is 18.7 Å². The molecule has 1 heterocycles. The lowest BCUT2D eigenvalue weighted by Crippen LogP contribution is -2.45. The van der Waals surface area contributed by atoms with Crippen LogP contribution in [-0.2, 0) is 14.3 Å². The van der Waals surface area contributed by atoms with Gasteiger partial charge in [-0.2, -0.15) is 0 Å². The van der Waals surface area contributed by atoms with Gasteiger partial charge in [0.25, 0.3) is 5.91 Å². The normalized spacial score (nSPS) is 17.1. The highest BCUT2D eigenvalue weighted by atomic mass is 19.1. The number of rotatable bonds is 6. The SMILES string of the molecule is CC(C)OC(=O)CCNC(=O)C1CCCN(C(=O)c2ccc(F)cc2)C1. The predicted molar refractivity (Wildman–Crippen MR) is 93.9 cm³/mol. The summed E-state index contributed by atoms with van der Waals surface area (Å²) in [5.41, 5.74) is 0.406. The molecule has 2 rings (SSSR count). The van der Waals surface area contributed by atoms with Crippen LogP contribution in [0.5, 0.6) is 0 Å². The van der Waals surface area contributed by atoms with E-state index in [1.807, 2.05) is 0 Å². The molecule has 142 valence electrons. The standard InChI is InChI=1S/C19H25FN2O4/c1-13(2)26-17(23)9-10-21-18(24)15-4-3-11-22(12-15)19(25)14-5-7-16(20)8-6-14/h5-8,13,15H,3-4,9-12H2,1-2H3,(H,21,24). The number of nitrogens with one attached hydrogen (secondary N) is 1. The Kier molecular flexibility index (Phi) is 7.12. The molecule has 26 heavy (non-hydrogen) atoms. The third-order valence-electron chi connectivity index (χ3n) is 4.17. The lowest BCUT2D eigenvalue weighted by atomic mass is 9.96. The number of halogens is 1. The lowest BCUT2D eigenvalue weighted by molar-refractivity contribution is -0.147. The number of ether oxygens (including phenoxy) is 1. The van der Waals surface area contributed by atoms with Gasteiger partial charge >= 0.3 is 5.97 Å². The Morgan fingerprint density at radius 2 is 1.96 bits per heavy atom. The van der Waals surface area contributed by atoms with E-state index in [0.717, 1.165) is 6.42 Å². The van der Waals surface area contributed by atoms with Crippen molar-refractivity contribution in [1.29, 1.82) is 0 Å². The molecule has 1 aliphatic heterocycles. The first-order chi connectivity index (χ1) is 12.4. The highest BCUT2D eigenvalue weighted by molar-refractivity contribution is 5.94. The summed E-state index contributed by atoms with van der Waals surface area (Å²) in [6.07, 6.45) is 1.35. The largest absolute Gasteiger partial charge is 0.463 e. The summed E-state index contributed by atoms with van der Waals surface area (Å²) in [6.45, 7) is 4.64. The predicted octanol–water partition coefficient (Wildman–Crippen LogP) is 2.14. The molecule has 1 aliphatic rings. The number of likely N-dealkylation sites (tertiary alicyclic amines) is 1. The Hall–Kier alpha value is -2.44. The van der Waals surface area contributed by atoms with E-state index in [2.05, 4.69) is 5.32 Å². The van der Waals surface area contributed by atoms with Gasteiger partial charge in [0.1, 0.15) is 5.82 Å². The second-order valence-electron chi connectivity index (χ2n) is 6.68. The van der Waals surface area contributed by atoms with Crippen LogP contribution in [0.1, 0.15) is 43.5 Å². The van der Waals surface area contributed by atoms with Gasteiger partial charge in [0.15, 0.2) is 0 Å². The first-order valence-corrected chi connectivity index (χ1v) is 8.89. The average molecular weight is 364 g/mol. The van der Waals surface area contributed by atoms with Crippen LogP contribution in [0.15, 0.2) is 24.3 Å². The minimum absolute atomic E-state index is 0.120. The lowest BCUT2D eigenvalue weighted by Gasteiger charge is -2.32. The molecule has 6 nitrogen and oxygen atoms in total. The van der Waals surface area contributed by atoms with E-state index in [0.29, 0.717) is 25.1 Å². The molecule has 1 aromatic rings. The third kappa shape index (κ3) is 5.82. The molecule has 0 aliphatic carbocycles. The topological polar surface area (TPSA) is 75.7 Å². The maximum Gasteiger partial charge on any atom is 0.307 e. The van der Waals surface area contributed by atoms with Crippen molar-refractivity contribution >= 4 is 17.8 Å². The minimum atomic E-state index is -0.395. The Balaban J connectivity index is 1.83. The third-order valence-corrected chi connectivity index (χ3v) is 4.17. The molecule has 1 aromatic carbocycles. The van der Waals surface area contributed by atoms with Crippen LogP contribution in [0.4, 0.5) is 4.39 Å². The molecular weight excluding hydrogens is 339 g/mol. The summed E-state index contributed by atoms with van der Waals surface area (Å²) in [4.78, 5) is 37.9. The monoisotopic (exact) mass is 364 g/mol. The first kappa shape index (κ1) is 19.9. The number of piperidine rings is 1. The highest BCUT2D eigenvalue weighted by Crippen LogP contribution is 2.19. The number of amides is 2. The zero-order valence-corrected chi connectivity index (χ0v) is 15.2. The molecule has 1 unspecified atom stereocenters. The van der Waals surface area contributed by atoms with Crippen molar-refractivity contribution in [2.45, 2.75) is 39.2 Å². The van der Waals surface area contributed by atoms with Crippen LogP contribution < -0.4 is 5.32 Å². The van der Waals surface area contributed by atoms with Crippen molar-refractivity contribution in [1.82, 2.24) is 10.2 Å². The quantitative estimate of drug-likeness (QED) is 0.785. The molecule has 1 N–H and O–H groups in total. The summed E-state index contributed by atoms with van der Waals surface area (Å²) >= 11 is 0. The summed E-state index contributed by atoms with van der Waals surface area (Å²) in [5.74, 6) is -1.43. The maximum absolute atomic E-state index is 13.0. The zero-order chi connectivity index (χ0) is 19.1. The van der Waals surface area contributed by atoms with Crippen molar-refractivity contribution in [3.05, 3.63) is 35.6 Å². The van der Waals surface area contributed by atoms with Crippen LogP contribution in [0.3, 0.4) is 0 Å². The van der Waals surface area contributed by atoms with Crippen LogP contribution in [0, 0.1) is 11.7 Å². The van der Waals surface area contributed by atoms with Gasteiger partial charge in [0.05, 0.1) is 18.4 Å². The van der Waals surface area contributed by atoms with Crippen molar-refractivity contribution < 1.29 is 23.5 Å². The van der Waals surface area contributed by atoms with E-state index in [9.17, 15) is 18.8 Å². The molecule has 1 fully saturated rings. The Bertz CT molecular complexity index is 645. The van der Waals surface area contributed by atoms with Crippen LogP contribution >= 0.6 is 0 Å². The van der Waals surface area contributed by atoms with E-state index >= 15 is 0 Å². The van der Waals surface area contributed by atoms with E-state index in [-0.39, 0.29) is 42.8 Å². The van der Waals surface area contributed by atoms with Gasteiger partial charge in [0.2, 0.25) is 5.91 Å². The van der Waals surface area contributed by atoms with E-state index < -0.39 is 5.82 Å². The van der Waals surface area contributed by atoms with Gasteiger partial charge in [0, 0.05) is 25.2 Å². The number of hydrogen-bond donors (Lipinski definition) is 1. The number of esters is 1.